The predicted molar refractivity (Wildman–Crippen MR) is 125 cm³/mol. The van der Waals surface area contributed by atoms with Crippen LogP contribution in [0.2, 0.25) is 0 Å². The van der Waals surface area contributed by atoms with Crippen molar-refractivity contribution in [1.82, 2.24) is 0 Å². The fraction of sp³-hybridized carbons (Fsp3) is 0.826. The molecular formula is C23H42N2NaO6S+. The summed E-state index contributed by atoms with van der Waals surface area (Å²) in [6.07, 6.45) is 14.6. The van der Waals surface area contributed by atoms with Crippen molar-refractivity contribution in [1.29, 1.82) is 0 Å². The molecule has 1 aliphatic rings. The third kappa shape index (κ3) is 14.1. The van der Waals surface area contributed by atoms with E-state index in [-0.39, 0.29) is 65.4 Å². The van der Waals surface area contributed by atoms with E-state index >= 15 is 0 Å². The van der Waals surface area contributed by atoms with Crippen LogP contribution < -0.4 is 29.6 Å². The Balaban J connectivity index is 0.0000102. The molecule has 0 saturated carbocycles. The number of unbranched alkanes of at least 4 members (excludes halogenated alkanes) is 8. The molecule has 0 amide bonds. The second kappa shape index (κ2) is 18.2. The van der Waals surface area contributed by atoms with E-state index in [2.05, 4.69) is 24.1 Å². The predicted octanol–water partition coefficient (Wildman–Crippen LogP) is -0.446. The van der Waals surface area contributed by atoms with Crippen LogP contribution in [-0.4, -0.2) is 83.9 Å². The summed E-state index contributed by atoms with van der Waals surface area (Å²) in [6.45, 7) is 2.81. The summed E-state index contributed by atoms with van der Waals surface area (Å²) in [5, 5.41) is 19.6. The average Bonchev–Trinajstić information content (AvgIpc) is 3.10. The molecule has 1 rings (SSSR count). The molecule has 8 nitrogen and oxygen atoms in total. The Morgan fingerprint density at radius 3 is 2.30 bits per heavy atom. The van der Waals surface area contributed by atoms with Crippen molar-refractivity contribution in [3.63, 3.8) is 0 Å². The fourth-order valence-electron chi connectivity index (χ4n) is 4.26. The minimum absolute atomic E-state index is 0. The molecular weight excluding hydrogens is 455 g/mol. The maximum Gasteiger partial charge on any atom is 1.00 e. The summed E-state index contributed by atoms with van der Waals surface area (Å²) in [5.41, 5.74) is 0. The van der Waals surface area contributed by atoms with Gasteiger partial charge in [0.15, 0.2) is 0 Å². The summed E-state index contributed by atoms with van der Waals surface area (Å²) in [6, 6.07) is 0. The van der Waals surface area contributed by atoms with Crippen molar-refractivity contribution in [3.05, 3.63) is 12.2 Å². The van der Waals surface area contributed by atoms with E-state index in [1.807, 2.05) is 0 Å². The summed E-state index contributed by atoms with van der Waals surface area (Å²) < 4.78 is 32.8. The Hall–Kier alpha value is -0.130. The second-order valence-electron chi connectivity index (χ2n) is 8.78. The zero-order chi connectivity index (χ0) is 23.9. The van der Waals surface area contributed by atoms with Gasteiger partial charge in [-0.15, -0.1) is 0 Å². The second-order valence-corrected chi connectivity index (χ2v) is 10.2. The van der Waals surface area contributed by atoms with E-state index in [0.717, 1.165) is 38.5 Å². The van der Waals surface area contributed by atoms with Crippen LogP contribution in [0, 0.1) is 0 Å². The third-order valence-electron chi connectivity index (χ3n) is 5.89. The Morgan fingerprint density at radius 2 is 1.73 bits per heavy atom. The van der Waals surface area contributed by atoms with E-state index in [4.69, 9.17) is 0 Å². The van der Waals surface area contributed by atoms with E-state index in [0.29, 0.717) is 19.5 Å². The molecule has 186 valence electrons. The first kappa shape index (κ1) is 32.9. The number of allylic oxidation sites excluding steroid dienone is 2. The van der Waals surface area contributed by atoms with Crippen LogP contribution >= 0.6 is 0 Å². The van der Waals surface area contributed by atoms with Crippen molar-refractivity contribution in [2.24, 2.45) is 4.99 Å². The number of aliphatic hydroxyl groups excluding tert-OH is 2. The van der Waals surface area contributed by atoms with Gasteiger partial charge in [0.25, 0.3) is 5.84 Å². The van der Waals surface area contributed by atoms with Gasteiger partial charge in [-0.05, 0) is 32.1 Å². The van der Waals surface area contributed by atoms with Crippen LogP contribution in [0.3, 0.4) is 0 Å². The van der Waals surface area contributed by atoms with Crippen LogP contribution in [0.1, 0.15) is 77.6 Å². The van der Waals surface area contributed by atoms with Crippen molar-refractivity contribution >= 4 is 21.7 Å². The van der Waals surface area contributed by atoms with Crippen LogP contribution in [0.25, 0.3) is 0 Å². The van der Waals surface area contributed by atoms with E-state index in [1.54, 1.807) is 0 Å². The summed E-state index contributed by atoms with van der Waals surface area (Å²) in [7, 11) is -4.58. The number of carbonyl (C=O) groups excluding carboxylic acids is 1. The molecule has 2 N–H and O–H groups in total. The van der Waals surface area contributed by atoms with Gasteiger partial charge in [0.05, 0.1) is 29.0 Å². The maximum absolute atomic E-state index is 12.8. The molecule has 0 fully saturated rings. The van der Waals surface area contributed by atoms with Gasteiger partial charge < -0.3 is 14.8 Å². The monoisotopic (exact) mass is 497 g/mol. The van der Waals surface area contributed by atoms with Crippen molar-refractivity contribution in [2.45, 2.75) is 83.7 Å². The summed E-state index contributed by atoms with van der Waals surface area (Å²) >= 11 is 0. The van der Waals surface area contributed by atoms with Crippen LogP contribution in [-0.2, 0) is 14.9 Å². The molecule has 0 aromatic rings. The number of nitrogens with zero attached hydrogens (tertiary/aromatic N) is 2. The van der Waals surface area contributed by atoms with Gasteiger partial charge in [0, 0.05) is 6.42 Å². The summed E-state index contributed by atoms with van der Waals surface area (Å²) in [5.74, 6) is -0.750. The Kier molecular flexibility index (Phi) is 18.1. The minimum Gasteiger partial charge on any atom is -0.748 e. The number of aliphatic hydroxyl groups is 2. The van der Waals surface area contributed by atoms with Crippen LogP contribution in [0.15, 0.2) is 17.1 Å². The number of amidine groups is 1. The molecule has 0 spiro atoms. The number of Topliss-reactive ketones (excluding diaryl/α,β-unsaturated/α-hetero) is 1. The fourth-order valence-corrected chi connectivity index (χ4v) is 4.84. The standard InChI is InChI=1S/C23H42N2O6S.Na/c1-2-3-4-5-6-7-8-9-10-11-12-13-14-22(28)23-24-15-16-25(23,17-18-26)19-21(27)20-32(29,30)31;/h7-8,21,26-27H,2-6,9-20H2,1H3;/q;+1/b8-7+;. The molecule has 2 atom stereocenters. The number of hydrogen-bond acceptors (Lipinski definition) is 7. The molecule has 1 heterocycles. The van der Waals surface area contributed by atoms with Gasteiger partial charge in [0.1, 0.15) is 25.7 Å². The SMILES string of the molecule is CCCCCC/C=C/CCCCCCC(=O)C1=NCC[N+]1(CCO)CC(O)CS(=O)(=O)[O-].[Na+]. The number of hydrogen-bond donors (Lipinski definition) is 2. The number of quaternary nitrogens is 1. The van der Waals surface area contributed by atoms with E-state index < -0.39 is 22.0 Å². The van der Waals surface area contributed by atoms with Gasteiger partial charge in [-0.3, -0.25) is 9.28 Å². The molecule has 0 radical (unpaired) electrons. The van der Waals surface area contributed by atoms with Gasteiger partial charge in [0.2, 0.25) is 5.78 Å². The van der Waals surface area contributed by atoms with Gasteiger partial charge in [-0.25, -0.2) is 13.4 Å². The molecule has 10 heteroatoms. The number of rotatable bonds is 19. The molecule has 1 aliphatic heterocycles. The number of aliphatic imine (C=N–C) groups is 1. The smallest absolute Gasteiger partial charge is 0.748 e. The van der Waals surface area contributed by atoms with Gasteiger partial charge in [-0.1, -0.05) is 51.2 Å². The normalized spacial score (nSPS) is 19.5. The Morgan fingerprint density at radius 1 is 1.12 bits per heavy atom. The zero-order valence-corrected chi connectivity index (χ0v) is 23.4. The van der Waals surface area contributed by atoms with Crippen molar-refractivity contribution < 1.29 is 62.0 Å². The quantitative estimate of drug-likeness (QED) is 0.0819. The topological polar surface area (TPSA) is 127 Å². The molecule has 0 aliphatic carbocycles. The molecule has 0 aromatic heterocycles. The van der Waals surface area contributed by atoms with Gasteiger partial charge in [-0.2, -0.15) is 0 Å². The Labute approximate surface area is 222 Å². The molecule has 0 aromatic carbocycles. The van der Waals surface area contributed by atoms with Crippen LogP contribution in [0.4, 0.5) is 0 Å². The van der Waals surface area contributed by atoms with Crippen LogP contribution in [0.5, 0.6) is 0 Å². The summed E-state index contributed by atoms with van der Waals surface area (Å²) in [4.78, 5) is 17.1. The Bertz CT molecular complexity index is 714. The number of carbonyl (C=O) groups is 1. The molecule has 2 unspecified atom stereocenters. The first-order valence-corrected chi connectivity index (χ1v) is 13.6. The molecule has 0 saturated heterocycles. The maximum atomic E-state index is 12.8. The zero-order valence-electron chi connectivity index (χ0n) is 20.6. The van der Waals surface area contributed by atoms with Gasteiger partial charge >= 0.3 is 29.6 Å². The van der Waals surface area contributed by atoms with Crippen molar-refractivity contribution in [2.75, 3.05) is 38.5 Å². The van der Waals surface area contributed by atoms with Crippen molar-refractivity contribution in [3.8, 4) is 0 Å². The van der Waals surface area contributed by atoms with E-state index in [9.17, 15) is 28.0 Å². The first-order valence-electron chi connectivity index (χ1n) is 12.1. The largest absolute Gasteiger partial charge is 1.00 e. The third-order valence-corrected chi connectivity index (χ3v) is 6.68. The molecule has 0 bridgehead atoms. The number of ketones is 1. The molecule has 33 heavy (non-hydrogen) atoms. The minimum atomic E-state index is -4.58. The average molecular weight is 498 g/mol. The van der Waals surface area contributed by atoms with E-state index in [1.165, 1.54) is 25.7 Å². The first-order chi connectivity index (χ1) is 15.2.